The van der Waals surface area contributed by atoms with Gasteiger partial charge >= 0.3 is 0 Å². The van der Waals surface area contributed by atoms with Gasteiger partial charge in [-0.3, -0.25) is 4.79 Å². The van der Waals surface area contributed by atoms with Crippen LogP contribution in [0.3, 0.4) is 0 Å². The van der Waals surface area contributed by atoms with E-state index in [1.54, 1.807) is 0 Å². The van der Waals surface area contributed by atoms with Crippen molar-refractivity contribution in [2.24, 2.45) is 0 Å². The quantitative estimate of drug-likeness (QED) is 0.855. The Kier molecular flexibility index (Phi) is 3.61. The van der Waals surface area contributed by atoms with E-state index in [0.29, 0.717) is 9.39 Å². The molecule has 1 N–H and O–H groups in total. The summed E-state index contributed by atoms with van der Waals surface area (Å²) >= 11 is 2.02. The highest BCUT2D eigenvalue weighted by Gasteiger charge is 2.09. The highest BCUT2D eigenvalue weighted by Crippen LogP contribution is 2.20. The lowest BCUT2D eigenvalue weighted by Gasteiger charge is -2.07. The molecular weight excluding hydrogens is 327 g/mol. The first-order valence-corrected chi connectivity index (χ1v) is 6.56. The number of H-pyrrole nitrogens is 1. The molecule has 0 aliphatic carbocycles. The van der Waals surface area contributed by atoms with Crippen LogP contribution >= 0.6 is 22.6 Å². The predicted octanol–water partition coefficient (Wildman–Crippen LogP) is 2.91. The van der Waals surface area contributed by atoms with Gasteiger partial charge in [0.2, 0.25) is 0 Å². The smallest absolute Gasteiger partial charge is 0.264 e. The van der Waals surface area contributed by atoms with Crippen molar-refractivity contribution in [1.82, 2.24) is 9.97 Å². The second-order valence-electron chi connectivity index (χ2n) is 3.82. The third kappa shape index (κ3) is 2.41. The van der Waals surface area contributed by atoms with E-state index in [1.807, 2.05) is 47.7 Å². The molecule has 0 saturated carbocycles. The molecule has 0 radical (unpaired) electrons. The van der Waals surface area contributed by atoms with Crippen LogP contribution in [-0.4, -0.2) is 9.97 Å². The second-order valence-corrected chi connectivity index (χ2v) is 4.90. The topological polar surface area (TPSA) is 45.8 Å². The molecule has 2 aromatic rings. The Labute approximate surface area is 113 Å². The highest BCUT2D eigenvalue weighted by atomic mass is 127. The maximum Gasteiger partial charge on any atom is 0.264 e. The van der Waals surface area contributed by atoms with Crippen molar-refractivity contribution in [3.8, 4) is 11.4 Å². The number of hydrogen-bond donors (Lipinski definition) is 1. The van der Waals surface area contributed by atoms with Crippen LogP contribution in [0.15, 0.2) is 29.1 Å². The number of nitrogens with one attached hydrogen (secondary N) is 1. The zero-order valence-corrected chi connectivity index (χ0v) is 11.9. The lowest BCUT2D eigenvalue weighted by molar-refractivity contribution is 1.04. The Hall–Kier alpha value is -1.17. The molecule has 4 heteroatoms. The van der Waals surface area contributed by atoms with Gasteiger partial charge in [-0.15, -0.1) is 0 Å². The molecule has 0 amide bonds. The molecule has 0 spiro atoms. The lowest BCUT2D eigenvalue weighted by Crippen LogP contribution is -2.15. The van der Waals surface area contributed by atoms with Crippen LogP contribution in [0.5, 0.6) is 0 Å². The first-order chi connectivity index (χ1) is 8.13. The summed E-state index contributed by atoms with van der Waals surface area (Å²) in [5.41, 5.74) is 2.90. The summed E-state index contributed by atoms with van der Waals surface area (Å²) in [6.07, 6.45) is 0.922. The van der Waals surface area contributed by atoms with Crippen molar-refractivity contribution >= 4 is 22.6 Å². The van der Waals surface area contributed by atoms with Crippen LogP contribution in [0.4, 0.5) is 0 Å². The number of hydrogen-bond acceptors (Lipinski definition) is 2. The van der Waals surface area contributed by atoms with Gasteiger partial charge in [-0.1, -0.05) is 31.2 Å². The zero-order chi connectivity index (χ0) is 12.4. The van der Waals surface area contributed by atoms with Crippen LogP contribution < -0.4 is 5.56 Å². The Morgan fingerprint density at radius 3 is 2.71 bits per heavy atom. The molecule has 0 unspecified atom stereocenters. The summed E-state index contributed by atoms with van der Waals surface area (Å²) in [6.45, 7) is 3.95. The van der Waals surface area contributed by atoms with Gasteiger partial charge in [-0.25, -0.2) is 4.98 Å². The first-order valence-electron chi connectivity index (χ1n) is 5.48. The maximum atomic E-state index is 11.7. The minimum absolute atomic E-state index is 0.0704. The summed E-state index contributed by atoms with van der Waals surface area (Å²) in [4.78, 5) is 19.0. The molecule has 0 aliphatic heterocycles. The molecule has 1 aromatic carbocycles. The van der Waals surface area contributed by atoms with E-state index in [2.05, 4.69) is 23.0 Å². The van der Waals surface area contributed by atoms with Crippen LogP contribution in [0.1, 0.15) is 18.2 Å². The van der Waals surface area contributed by atoms with Gasteiger partial charge in [0.15, 0.2) is 0 Å². The van der Waals surface area contributed by atoms with Crippen molar-refractivity contribution in [3.05, 3.63) is 49.4 Å². The third-order valence-electron chi connectivity index (χ3n) is 2.68. The van der Waals surface area contributed by atoms with Crippen molar-refractivity contribution in [3.63, 3.8) is 0 Å². The Morgan fingerprint density at radius 1 is 1.35 bits per heavy atom. The van der Waals surface area contributed by atoms with Gasteiger partial charge in [0.05, 0.1) is 9.26 Å². The van der Waals surface area contributed by atoms with Crippen molar-refractivity contribution in [1.29, 1.82) is 0 Å². The number of benzene rings is 1. The standard InChI is InChI=1S/C13H13IN2O/c1-3-9-6-4-5-7-10(9)12-15-8(2)11(14)13(17)16-12/h4-7H,3H2,1-2H3,(H,15,16,17). The van der Waals surface area contributed by atoms with Crippen LogP contribution in [0.25, 0.3) is 11.4 Å². The Balaban J connectivity index is 2.65. The average Bonchev–Trinajstić information content (AvgIpc) is 2.35. The minimum atomic E-state index is -0.0704. The molecule has 0 aliphatic rings. The molecule has 0 bridgehead atoms. The monoisotopic (exact) mass is 340 g/mol. The summed E-state index contributed by atoms with van der Waals surface area (Å²) in [6, 6.07) is 8.01. The number of nitrogens with zero attached hydrogens (tertiary/aromatic N) is 1. The number of halogens is 1. The SMILES string of the molecule is CCc1ccccc1-c1nc(C)c(I)c(=O)[nH]1. The third-order valence-corrected chi connectivity index (χ3v) is 3.95. The molecule has 0 fully saturated rings. The molecule has 3 nitrogen and oxygen atoms in total. The van der Waals surface area contributed by atoms with Gasteiger partial charge in [0.25, 0.3) is 5.56 Å². The second kappa shape index (κ2) is 5.00. The van der Waals surface area contributed by atoms with Crippen molar-refractivity contribution in [2.75, 3.05) is 0 Å². The summed E-state index contributed by atoms with van der Waals surface area (Å²) in [5.74, 6) is 0.658. The molecule has 1 aromatic heterocycles. The van der Waals surface area contributed by atoms with E-state index in [-0.39, 0.29) is 5.56 Å². The summed E-state index contributed by atoms with van der Waals surface area (Å²) in [5, 5.41) is 0. The predicted molar refractivity (Wildman–Crippen MR) is 77.1 cm³/mol. The number of aromatic amines is 1. The largest absolute Gasteiger partial charge is 0.306 e. The number of aromatic nitrogens is 2. The van der Waals surface area contributed by atoms with Gasteiger partial charge in [0, 0.05) is 5.56 Å². The van der Waals surface area contributed by atoms with Gasteiger partial charge in [0.1, 0.15) is 5.82 Å². The molecule has 2 rings (SSSR count). The summed E-state index contributed by atoms with van der Waals surface area (Å²) in [7, 11) is 0. The van der Waals surface area contributed by atoms with Crippen molar-refractivity contribution < 1.29 is 0 Å². The average molecular weight is 340 g/mol. The molecule has 88 valence electrons. The Bertz CT molecular complexity index is 605. The van der Waals surface area contributed by atoms with Crippen LogP contribution in [0.2, 0.25) is 0 Å². The normalized spacial score (nSPS) is 10.5. The number of rotatable bonds is 2. The van der Waals surface area contributed by atoms with Gasteiger partial charge in [-0.2, -0.15) is 0 Å². The minimum Gasteiger partial charge on any atom is -0.306 e. The molecule has 1 heterocycles. The van der Waals surface area contributed by atoms with E-state index >= 15 is 0 Å². The van der Waals surface area contributed by atoms with Crippen LogP contribution in [0, 0.1) is 10.5 Å². The van der Waals surface area contributed by atoms with E-state index in [0.717, 1.165) is 17.7 Å². The first kappa shape index (κ1) is 12.3. The fourth-order valence-electron chi connectivity index (χ4n) is 1.76. The van der Waals surface area contributed by atoms with Crippen LogP contribution in [-0.2, 0) is 6.42 Å². The van der Waals surface area contributed by atoms with E-state index in [9.17, 15) is 4.79 Å². The molecule has 0 saturated heterocycles. The fourth-order valence-corrected chi connectivity index (χ4v) is 2.01. The molecule has 0 atom stereocenters. The maximum absolute atomic E-state index is 11.7. The van der Waals surface area contributed by atoms with Crippen molar-refractivity contribution in [2.45, 2.75) is 20.3 Å². The molecule has 17 heavy (non-hydrogen) atoms. The zero-order valence-electron chi connectivity index (χ0n) is 9.75. The van der Waals surface area contributed by atoms with Gasteiger partial charge in [-0.05, 0) is 41.5 Å². The fraction of sp³-hybridized carbons (Fsp3) is 0.231. The molecular formula is C13H13IN2O. The summed E-state index contributed by atoms with van der Waals surface area (Å²) < 4.78 is 0.653. The van der Waals surface area contributed by atoms with E-state index in [4.69, 9.17) is 0 Å². The van der Waals surface area contributed by atoms with E-state index < -0.39 is 0 Å². The number of aryl methyl sites for hydroxylation is 2. The Morgan fingerprint density at radius 2 is 2.06 bits per heavy atom. The van der Waals surface area contributed by atoms with Gasteiger partial charge < -0.3 is 4.98 Å². The highest BCUT2D eigenvalue weighted by molar-refractivity contribution is 14.1. The lowest BCUT2D eigenvalue weighted by atomic mass is 10.0. The van der Waals surface area contributed by atoms with E-state index in [1.165, 1.54) is 5.56 Å².